The van der Waals surface area contributed by atoms with E-state index in [4.69, 9.17) is 14.0 Å². The van der Waals surface area contributed by atoms with Crippen LogP contribution >= 0.6 is 0 Å². The second-order valence-electron chi connectivity index (χ2n) is 8.95. The molecule has 35 heavy (non-hydrogen) atoms. The molecule has 1 fully saturated rings. The molecule has 0 bridgehead atoms. The normalized spacial score (nSPS) is 15.7. The van der Waals surface area contributed by atoms with Crippen molar-refractivity contribution in [2.75, 3.05) is 25.2 Å². The highest BCUT2D eigenvalue weighted by Gasteiger charge is 2.27. The predicted molar refractivity (Wildman–Crippen MR) is 130 cm³/mol. The highest BCUT2D eigenvalue weighted by Crippen LogP contribution is 2.34. The van der Waals surface area contributed by atoms with Crippen LogP contribution in [0, 0.1) is 26.7 Å². The number of nitrogens with one attached hydrogen (secondary N) is 1. The molecule has 1 aromatic carbocycles. The lowest BCUT2D eigenvalue weighted by Crippen LogP contribution is -2.40. The Balaban J connectivity index is 1.16. The summed E-state index contributed by atoms with van der Waals surface area (Å²) in [5.74, 6) is 2.55. The highest BCUT2D eigenvalue weighted by molar-refractivity contribution is 5.94. The summed E-state index contributed by atoms with van der Waals surface area (Å²) in [6.07, 6.45) is 4.69. The number of hydrogen-bond acceptors (Lipinski definition) is 6. The van der Waals surface area contributed by atoms with Gasteiger partial charge in [-0.1, -0.05) is 5.16 Å². The maximum Gasteiger partial charge on any atom is 0.246 e. The minimum absolute atomic E-state index is 0.0398. The minimum Gasteiger partial charge on any atom is -0.454 e. The number of rotatable bonds is 5. The molecule has 0 spiro atoms. The van der Waals surface area contributed by atoms with Crippen molar-refractivity contribution in [1.82, 2.24) is 14.6 Å². The number of amides is 2. The first-order chi connectivity index (χ1) is 16.9. The molecule has 0 atom stereocenters. The van der Waals surface area contributed by atoms with Gasteiger partial charge in [0.2, 0.25) is 18.6 Å². The van der Waals surface area contributed by atoms with Gasteiger partial charge in [-0.05, 0) is 63.5 Å². The highest BCUT2D eigenvalue weighted by atomic mass is 16.7. The summed E-state index contributed by atoms with van der Waals surface area (Å²) in [5.41, 5.74) is 3.63. The van der Waals surface area contributed by atoms with Crippen LogP contribution in [-0.4, -0.2) is 46.3 Å². The molecule has 2 amide bonds. The lowest BCUT2D eigenvalue weighted by molar-refractivity contribution is -0.130. The molecular weight excluding hydrogens is 448 g/mol. The van der Waals surface area contributed by atoms with E-state index in [1.54, 1.807) is 29.2 Å². The van der Waals surface area contributed by atoms with Crippen LogP contribution in [-0.2, 0) is 9.59 Å². The molecule has 0 unspecified atom stereocenters. The van der Waals surface area contributed by atoms with Gasteiger partial charge >= 0.3 is 0 Å². The van der Waals surface area contributed by atoms with Crippen molar-refractivity contribution in [1.29, 1.82) is 0 Å². The van der Waals surface area contributed by atoms with Gasteiger partial charge in [-0.15, -0.1) is 0 Å². The Bertz CT molecular complexity index is 1300. The van der Waals surface area contributed by atoms with Crippen LogP contribution in [0.25, 0.3) is 11.9 Å². The Morgan fingerprint density at radius 2 is 1.83 bits per heavy atom. The van der Waals surface area contributed by atoms with Gasteiger partial charge in [0, 0.05) is 54.3 Å². The maximum absolute atomic E-state index is 12.8. The molecule has 1 saturated heterocycles. The molecule has 9 heteroatoms. The van der Waals surface area contributed by atoms with Crippen molar-refractivity contribution in [2.24, 2.45) is 5.92 Å². The second-order valence-corrected chi connectivity index (χ2v) is 8.95. The van der Waals surface area contributed by atoms with Gasteiger partial charge in [0.25, 0.3) is 0 Å². The smallest absolute Gasteiger partial charge is 0.246 e. The Morgan fingerprint density at radius 1 is 1.06 bits per heavy atom. The first kappa shape index (κ1) is 22.8. The van der Waals surface area contributed by atoms with Crippen LogP contribution in [0.3, 0.4) is 0 Å². The molecule has 9 nitrogen and oxygen atoms in total. The molecule has 2 aromatic heterocycles. The number of nitrogens with zero attached hydrogens (tertiary/aromatic N) is 3. The Morgan fingerprint density at radius 3 is 2.57 bits per heavy atom. The Labute approximate surface area is 203 Å². The van der Waals surface area contributed by atoms with E-state index in [0.29, 0.717) is 43.1 Å². The third-order valence-corrected chi connectivity index (χ3v) is 6.54. The topological polar surface area (TPSA) is 98.8 Å². The van der Waals surface area contributed by atoms with Crippen LogP contribution in [0.4, 0.5) is 5.69 Å². The molecule has 5 rings (SSSR count). The van der Waals surface area contributed by atoms with Gasteiger partial charge in [-0.25, -0.2) is 0 Å². The van der Waals surface area contributed by atoms with E-state index in [2.05, 4.69) is 10.5 Å². The van der Waals surface area contributed by atoms with E-state index in [0.717, 1.165) is 28.5 Å². The van der Waals surface area contributed by atoms with E-state index >= 15 is 0 Å². The summed E-state index contributed by atoms with van der Waals surface area (Å²) in [7, 11) is 0. The zero-order valence-corrected chi connectivity index (χ0v) is 20.0. The average molecular weight is 477 g/mol. The number of carbonyl (C=O) groups excluding carboxylic acids is 2. The summed E-state index contributed by atoms with van der Waals surface area (Å²) in [6.45, 7) is 7.12. The lowest BCUT2D eigenvalue weighted by Gasteiger charge is -2.30. The number of anilines is 1. The van der Waals surface area contributed by atoms with Crippen LogP contribution in [0.5, 0.6) is 11.5 Å². The van der Waals surface area contributed by atoms with Crippen LogP contribution < -0.4 is 14.8 Å². The molecule has 0 radical (unpaired) electrons. The number of carbonyl (C=O) groups is 2. The average Bonchev–Trinajstić information content (AvgIpc) is 3.56. The quantitative estimate of drug-likeness (QED) is 0.559. The molecule has 1 N–H and O–H groups in total. The van der Waals surface area contributed by atoms with Gasteiger partial charge in [0.05, 0.1) is 0 Å². The Kier molecular flexibility index (Phi) is 6.07. The van der Waals surface area contributed by atoms with Crippen LogP contribution in [0.1, 0.15) is 35.6 Å². The summed E-state index contributed by atoms with van der Waals surface area (Å²) in [6, 6.07) is 9.26. The summed E-state index contributed by atoms with van der Waals surface area (Å²) in [5, 5.41) is 7.05. The van der Waals surface area contributed by atoms with Crippen LogP contribution in [0.15, 0.2) is 40.9 Å². The molecule has 4 heterocycles. The lowest BCUT2D eigenvalue weighted by atomic mass is 9.95. The van der Waals surface area contributed by atoms with Crippen molar-refractivity contribution >= 4 is 23.6 Å². The van der Waals surface area contributed by atoms with Crippen molar-refractivity contribution < 1.29 is 23.6 Å². The number of piperidine rings is 1. The van der Waals surface area contributed by atoms with Crippen molar-refractivity contribution in [2.45, 2.75) is 33.6 Å². The maximum atomic E-state index is 12.8. The fraction of sp³-hybridized carbons (Fsp3) is 0.346. The van der Waals surface area contributed by atoms with E-state index in [9.17, 15) is 9.59 Å². The van der Waals surface area contributed by atoms with E-state index < -0.39 is 0 Å². The van der Waals surface area contributed by atoms with Gasteiger partial charge in [-0.2, -0.15) is 0 Å². The largest absolute Gasteiger partial charge is 0.454 e. The van der Waals surface area contributed by atoms with Crippen molar-refractivity contribution in [3.8, 4) is 17.3 Å². The monoisotopic (exact) mass is 476 g/mol. The number of ether oxygens (including phenoxy) is 2. The summed E-state index contributed by atoms with van der Waals surface area (Å²) in [4.78, 5) is 27.3. The van der Waals surface area contributed by atoms with E-state index in [1.807, 2.05) is 43.5 Å². The summed E-state index contributed by atoms with van der Waals surface area (Å²) < 4.78 is 17.9. The fourth-order valence-corrected chi connectivity index (χ4v) is 4.61. The Hall–Kier alpha value is -4.01. The standard InChI is InChI=1S/C26H28N4O5/c1-16-12-20(18(3)30(16)24-13-17(2)35-28-24)4-7-25(31)29-10-8-19(9-11-29)26(32)27-21-5-6-22-23(14-21)34-15-33-22/h4-7,12-14,19H,8-11,15H2,1-3H3,(H,27,32). The van der Waals surface area contributed by atoms with Gasteiger partial charge in [-0.3, -0.25) is 14.2 Å². The third-order valence-electron chi connectivity index (χ3n) is 6.54. The molecule has 2 aliphatic heterocycles. The zero-order chi connectivity index (χ0) is 24.5. The van der Waals surface area contributed by atoms with Gasteiger partial charge in [0.1, 0.15) is 5.76 Å². The van der Waals surface area contributed by atoms with E-state index in [1.165, 1.54) is 0 Å². The number of aryl methyl sites for hydroxylation is 2. The minimum atomic E-state index is -0.140. The van der Waals surface area contributed by atoms with Gasteiger partial charge in [0.15, 0.2) is 17.3 Å². The molecule has 2 aliphatic rings. The number of likely N-dealkylation sites (tertiary alicyclic amines) is 1. The molecule has 182 valence electrons. The molecule has 0 saturated carbocycles. The second kappa shape index (κ2) is 9.32. The zero-order valence-electron chi connectivity index (χ0n) is 20.0. The molecule has 0 aliphatic carbocycles. The SMILES string of the molecule is Cc1cc(-n2c(C)cc(C=CC(=O)N3CCC(C(=O)Nc4ccc5c(c4)OCO5)CC3)c2C)no1. The first-order valence-electron chi connectivity index (χ1n) is 11.7. The van der Waals surface area contributed by atoms with Crippen LogP contribution in [0.2, 0.25) is 0 Å². The number of aromatic nitrogens is 2. The first-order valence-corrected chi connectivity index (χ1v) is 11.7. The summed E-state index contributed by atoms with van der Waals surface area (Å²) >= 11 is 0. The predicted octanol–water partition coefficient (Wildman–Crippen LogP) is 4.01. The number of benzene rings is 1. The molecular formula is C26H28N4O5. The van der Waals surface area contributed by atoms with Crippen molar-refractivity contribution in [3.63, 3.8) is 0 Å². The number of hydrogen-bond donors (Lipinski definition) is 1. The fourth-order valence-electron chi connectivity index (χ4n) is 4.61. The molecule has 3 aromatic rings. The van der Waals surface area contributed by atoms with Gasteiger partial charge < -0.3 is 24.2 Å². The number of fused-ring (bicyclic) bond motifs is 1. The van der Waals surface area contributed by atoms with Crippen molar-refractivity contribution in [3.05, 3.63) is 59.1 Å². The third kappa shape index (κ3) is 4.66. The van der Waals surface area contributed by atoms with E-state index in [-0.39, 0.29) is 24.5 Å².